The molecule has 0 bridgehead atoms. The number of rotatable bonds is 3. The SMILES string of the molecule is Cc1ccnc(N)c1C(N)C(C)(C)N1CCCCC1. The number of hydrogen-bond acceptors (Lipinski definition) is 4. The zero-order valence-electron chi connectivity index (χ0n) is 12.3. The largest absolute Gasteiger partial charge is 0.383 e. The first-order valence-corrected chi connectivity index (χ1v) is 7.16. The van der Waals surface area contributed by atoms with Crippen LogP contribution in [0.25, 0.3) is 0 Å². The Kier molecular flexibility index (Phi) is 4.11. The molecule has 4 nitrogen and oxygen atoms in total. The average molecular weight is 262 g/mol. The van der Waals surface area contributed by atoms with Gasteiger partial charge in [0.1, 0.15) is 5.82 Å². The Bertz CT molecular complexity index is 416. The van der Waals surface area contributed by atoms with E-state index >= 15 is 0 Å². The van der Waals surface area contributed by atoms with Crippen LogP contribution in [-0.4, -0.2) is 28.5 Å². The van der Waals surface area contributed by atoms with E-state index in [1.165, 1.54) is 19.3 Å². The lowest BCUT2D eigenvalue weighted by Gasteiger charge is -2.45. The standard InChI is InChI=1S/C15H26N4/c1-11-7-8-18-14(17)12(11)13(16)15(2,3)19-9-5-4-6-10-19/h7-8,13H,4-6,9-10,16H2,1-3H3,(H2,17,18). The zero-order chi connectivity index (χ0) is 14.0. The van der Waals surface area contributed by atoms with Crippen molar-refractivity contribution in [3.8, 4) is 0 Å². The second-order valence-electron chi connectivity index (χ2n) is 6.11. The van der Waals surface area contributed by atoms with Crippen LogP contribution >= 0.6 is 0 Å². The normalized spacial score (nSPS) is 19.4. The lowest BCUT2D eigenvalue weighted by molar-refractivity contribution is 0.0729. The molecule has 0 saturated carbocycles. The highest BCUT2D eigenvalue weighted by molar-refractivity contribution is 5.47. The molecule has 1 aliphatic heterocycles. The summed E-state index contributed by atoms with van der Waals surface area (Å²) in [6.45, 7) is 8.74. The van der Waals surface area contributed by atoms with Crippen molar-refractivity contribution in [3.63, 3.8) is 0 Å². The fraction of sp³-hybridized carbons (Fsp3) is 0.667. The number of piperidine rings is 1. The van der Waals surface area contributed by atoms with Crippen molar-refractivity contribution in [1.82, 2.24) is 9.88 Å². The molecule has 0 spiro atoms. The molecule has 1 atom stereocenters. The summed E-state index contributed by atoms with van der Waals surface area (Å²) in [5.74, 6) is 0.567. The van der Waals surface area contributed by atoms with E-state index < -0.39 is 0 Å². The Morgan fingerprint density at radius 1 is 1.26 bits per heavy atom. The van der Waals surface area contributed by atoms with E-state index in [4.69, 9.17) is 11.5 Å². The van der Waals surface area contributed by atoms with Gasteiger partial charge in [-0.05, 0) is 58.3 Å². The van der Waals surface area contributed by atoms with Gasteiger partial charge in [-0.15, -0.1) is 0 Å². The van der Waals surface area contributed by atoms with E-state index in [1.807, 2.05) is 6.07 Å². The van der Waals surface area contributed by atoms with Crippen molar-refractivity contribution in [2.45, 2.75) is 51.6 Å². The molecule has 2 heterocycles. The molecule has 4 heteroatoms. The van der Waals surface area contributed by atoms with E-state index in [9.17, 15) is 0 Å². The molecule has 1 aromatic rings. The minimum absolute atomic E-state index is 0.0949. The number of likely N-dealkylation sites (tertiary alicyclic amines) is 1. The molecule has 1 fully saturated rings. The summed E-state index contributed by atoms with van der Waals surface area (Å²) in [7, 11) is 0. The van der Waals surface area contributed by atoms with Gasteiger partial charge in [0, 0.05) is 17.3 Å². The molecular weight excluding hydrogens is 236 g/mol. The molecule has 1 aromatic heterocycles. The maximum atomic E-state index is 6.54. The maximum absolute atomic E-state index is 6.54. The Morgan fingerprint density at radius 3 is 2.47 bits per heavy atom. The van der Waals surface area contributed by atoms with Crippen LogP contribution in [0.4, 0.5) is 5.82 Å². The van der Waals surface area contributed by atoms with Crippen molar-refractivity contribution < 1.29 is 0 Å². The molecule has 106 valence electrons. The molecule has 1 saturated heterocycles. The minimum atomic E-state index is -0.112. The number of anilines is 1. The summed E-state index contributed by atoms with van der Waals surface area (Å²) in [4.78, 5) is 6.69. The van der Waals surface area contributed by atoms with Gasteiger partial charge in [0.15, 0.2) is 0 Å². The topological polar surface area (TPSA) is 68.2 Å². The Morgan fingerprint density at radius 2 is 1.89 bits per heavy atom. The summed E-state index contributed by atoms with van der Waals surface area (Å²) in [6.07, 6.45) is 5.60. The molecule has 4 N–H and O–H groups in total. The molecule has 2 rings (SSSR count). The van der Waals surface area contributed by atoms with Crippen LogP contribution in [0.1, 0.15) is 50.3 Å². The Labute approximate surface area is 116 Å². The third kappa shape index (κ3) is 2.74. The van der Waals surface area contributed by atoms with Gasteiger partial charge < -0.3 is 11.5 Å². The fourth-order valence-electron chi connectivity index (χ4n) is 3.02. The second-order valence-corrected chi connectivity index (χ2v) is 6.11. The van der Waals surface area contributed by atoms with E-state index in [0.717, 1.165) is 24.2 Å². The number of pyridine rings is 1. The highest BCUT2D eigenvalue weighted by atomic mass is 15.2. The van der Waals surface area contributed by atoms with Crippen molar-refractivity contribution in [3.05, 3.63) is 23.4 Å². The molecule has 0 amide bonds. The lowest BCUT2D eigenvalue weighted by Crippen LogP contribution is -2.53. The summed E-state index contributed by atoms with van der Waals surface area (Å²) in [5.41, 5.74) is 14.6. The smallest absolute Gasteiger partial charge is 0.128 e. The number of aryl methyl sites for hydroxylation is 1. The molecule has 19 heavy (non-hydrogen) atoms. The number of aromatic nitrogens is 1. The van der Waals surface area contributed by atoms with Crippen LogP contribution in [0.2, 0.25) is 0 Å². The van der Waals surface area contributed by atoms with Crippen LogP contribution < -0.4 is 11.5 Å². The molecule has 1 aliphatic rings. The van der Waals surface area contributed by atoms with E-state index in [-0.39, 0.29) is 11.6 Å². The van der Waals surface area contributed by atoms with Crippen molar-refractivity contribution >= 4 is 5.82 Å². The van der Waals surface area contributed by atoms with Gasteiger partial charge in [0.2, 0.25) is 0 Å². The van der Waals surface area contributed by atoms with Gasteiger partial charge in [-0.2, -0.15) is 0 Å². The molecule has 0 aliphatic carbocycles. The van der Waals surface area contributed by atoms with E-state index in [1.54, 1.807) is 6.20 Å². The first-order valence-electron chi connectivity index (χ1n) is 7.16. The number of nitrogen functional groups attached to an aromatic ring is 1. The number of nitrogens with two attached hydrogens (primary N) is 2. The number of nitrogens with zero attached hydrogens (tertiary/aromatic N) is 2. The molecule has 0 aromatic carbocycles. The minimum Gasteiger partial charge on any atom is -0.383 e. The van der Waals surface area contributed by atoms with Crippen LogP contribution in [0.15, 0.2) is 12.3 Å². The van der Waals surface area contributed by atoms with Crippen LogP contribution in [0, 0.1) is 6.92 Å². The van der Waals surface area contributed by atoms with Gasteiger partial charge in [-0.1, -0.05) is 6.42 Å². The highest BCUT2D eigenvalue weighted by Gasteiger charge is 2.36. The van der Waals surface area contributed by atoms with Gasteiger partial charge >= 0.3 is 0 Å². The number of hydrogen-bond donors (Lipinski definition) is 2. The monoisotopic (exact) mass is 262 g/mol. The molecule has 0 radical (unpaired) electrons. The van der Waals surface area contributed by atoms with Crippen LogP contribution in [0.3, 0.4) is 0 Å². The maximum Gasteiger partial charge on any atom is 0.128 e. The summed E-state index contributed by atoms with van der Waals surface area (Å²) < 4.78 is 0. The van der Waals surface area contributed by atoms with Gasteiger partial charge in [0.05, 0.1) is 6.04 Å². The van der Waals surface area contributed by atoms with Crippen LogP contribution in [-0.2, 0) is 0 Å². The molecule has 1 unspecified atom stereocenters. The van der Waals surface area contributed by atoms with Crippen molar-refractivity contribution in [1.29, 1.82) is 0 Å². The zero-order valence-corrected chi connectivity index (χ0v) is 12.3. The predicted molar refractivity (Wildman–Crippen MR) is 79.8 cm³/mol. The Hall–Kier alpha value is -1.13. The van der Waals surface area contributed by atoms with Crippen LogP contribution in [0.5, 0.6) is 0 Å². The first-order chi connectivity index (χ1) is 8.94. The second kappa shape index (κ2) is 5.47. The predicted octanol–water partition coefficient (Wildman–Crippen LogP) is 2.24. The lowest BCUT2D eigenvalue weighted by atomic mass is 9.84. The average Bonchev–Trinajstić information content (AvgIpc) is 2.39. The summed E-state index contributed by atoms with van der Waals surface area (Å²) >= 11 is 0. The summed E-state index contributed by atoms with van der Waals surface area (Å²) in [6, 6.07) is 1.87. The van der Waals surface area contributed by atoms with Crippen molar-refractivity contribution in [2.75, 3.05) is 18.8 Å². The van der Waals surface area contributed by atoms with E-state index in [0.29, 0.717) is 5.82 Å². The summed E-state index contributed by atoms with van der Waals surface area (Å²) in [5, 5.41) is 0. The fourth-order valence-corrected chi connectivity index (χ4v) is 3.02. The van der Waals surface area contributed by atoms with Gasteiger partial charge in [0.25, 0.3) is 0 Å². The quantitative estimate of drug-likeness (QED) is 0.876. The van der Waals surface area contributed by atoms with E-state index in [2.05, 4.69) is 30.7 Å². The third-order valence-electron chi connectivity index (χ3n) is 4.48. The van der Waals surface area contributed by atoms with Crippen molar-refractivity contribution in [2.24, 2.45) is 5.73 Å². The Balaban J connectivity index is 2.28. The first kappa shape index (κ1) is 14.3. The highest BCUT2D eigenvalue weighted by Crippen LogP contribution is 2.34. The van der Waals surface area contributed by atoms with Gasteiger partial charge in [-0.3, -0.25) is 4.90 Å². The third-order valence-corrected chi connectivity index (χ3v) is 4.48. The molecular formula is C15H26N4. The van der Waals surface area contributed by atoms with Gasteiger partial charge in [-0.25, -0.2) is 4.98 Å².